The predicted molar refractivity (Wildman–Crippen MR) is 105 cm³/mol. The summed E-state index contributed by atoms with van der Waals surface area (Å²) in [5.74, 6) is 1.49. The van der Waals surface area contributed by atoms with Crippen LogP contribution in [-0.4, -0.2) is 63.4 Å². The first kappa shape index (κ1) is 18.7. The van der Waals surface area contributed by atoms with Gasteiger partial charge in [0.1, 0.15) is 11.6 Å². The third-order valence-electron chi connectivity index (χ3n) is 5.70. The van der Waals surface area contributed by atoms with Crippen molar-refractivity contribution >= 4 is 11.7 Å². The minimum Gasteiger partial charge on any atom is -0.354 e. The van der Waals surface area contributed by atoms with Crippen LogP contribution in [0.1, 0.15) is 17.8 Å². The Labute approximate surface area is 164 Å². The van der Waals surface area contributed by atoms with Gasteiger partial charge in [0.15, 0.2) is 0 Å². The summed E-state index contributed by atoms with van der Waals surface area (Å²) in [5, 5.41) is 7.28. The topological polar surface area (TPSA) is 88.3 Å². The summed E-state index contributed by atoms with van der Waals surface area (Å²) in [4.78, 5) is 34.0. The molecule has 1 saturated heterocycles. The number of aryl methyl sites for hydroxylation is 2. The molecule has 4 rings (SSSR count). The van der Waals surface area contributed by atoms with Crippen LogP contribution in [0.2, 0.25) is 0 Å². The number of fused-ring (bicyclic) bond motifs is 1. The third-order valence-corrected chi connectivity index (χ3v) is 5.70. The average Bonchev–Trinajstić information content (AvgIpc) is 3.00. The molecule has 2 aliphatic rings. The first-order valence-electron chi connectivity index (χ1n) is 9.80. The number of nitrogens with zero attached hydrogens (tertiary/aromatic N) is 6. The number of nitrogens with one attached hydrogen (secondary N) is 1. The van der Waals surface area contributed by atoms with Gasteiger partial charge in [-0.15, -0.1) is 0 Å². The molecule has 28 heavy (non-hydrogen) atoms. The van der Waals surface area contributed by atoms with Gasteiger partial charge in [-0.1, -0.05) is 6.07 Å². The van der Waals surface area contributed by atoms with E-state index in [-0.39, 0.29) is 17.5 Å². The molecule has 0 radical (unpaired) electrons. The largest absolute Gasteiger partial charge is 0.354 e. The van der Waals surface area contributed by atoms with Crippen LogP contribution >= 0.6 is 0 Å². The molecule has 2 aromatic heterocycles. The maximum Gasteiger partial charge on any atom is 0.345 e. The van der Waals surface area contributed by atoms with Gasteiger partial charge < -0.3 is 15.1 Å². The van der Waals surface area contributed by atoms with Crippen LogP contribution in [-0.2, 0) is 31.4 Å². The van der Waals surface area contributed by atoms with E-state index in [1.165, 1.54) is 4.68 Å². The second kappa shape index (κ2) is 7.75. The van der Waals surface area contributed by atoms with E-state index in [9.17, 15) is 9.59 Å². The zero-order valence-corrected chi connectivity index (χ0v) is 16.5. The maximum atomic E-state index is 12.7. The van der Waals surface area contributed by atoms with E-state index in [2.05, 4.69) is 32.2 Å². The molecule has 1 amide bonds. The number of rotatable bonds is 4. The van der Waals surface area contributed by atoms with E-state index in [1.807, 2.05) is 12.1 Å². The van der Waals surface area contributed by atoms with E-state index in [0.29, 0.717) is 25.9 Å². The zero-order chi connectivity index (χ0) is 19.7. The smallest absolute Gasteiger partial charge is 0.345 e. The Balaban J connectivity index is 1.40. The Bertz CT molecular complexity index is 911. The van der Waals surface area contributed by atoms with Crippen molar-refractivity contribution < 1.29 is 4.79 Å². The van der Waals surface area contributed by atoms with Crippen LogP contribution in [0.3, 0.4) is 0 Å². The van der Waals surface area contributed by atoms with Gasteiger partial charge in [0, 0.05) is 64.5 Å². The van der Waals surface area contributed by atoms with Gasteiger partial charge in [0.05, 0.1) is 5.92 Å². The molecule has 1 fully saturated rings. The van der Waals surface area contributed by atoms with Crippen LogP contribution in [0.15, 0.2) is 23.1 Å². The van der Waals surface area contributed by atoms with Crippen molar-refractivity contribution in [3.63, 3.8) is 0 Å². The van der Waals surface area contributed by atoms with E-state index >= 15 is 0 Å². The van der Waals surface area contributed by atoms with Gasteiger partial charge in [-0.05, 0) is 19.5 Å². The van der Waals surface area contributed by atoms with E-state index < -0.39 is 0 Å². The van der Waals surface area contributed by atoms with Gasteiger partial charge in [0.25, 0.3) is 0 Å². The van der Waals surface area contributed by atoms with E-state index in [4.69, 9.17) is 0 Å². The average molecular weight is 385 g/mol. The molecule has 0 spiro atoms. The van der Waals surface area contributed by atoms with Crippen LogP contribution < -0.4 is 15.9 Å². The number of likely N-dealkylation sites (N-methyl/N-ethyl adjacent to an activating group) is 1. The molecule has 2 aliphatic heterocycles. The molecule has 9 heteroatoms. The third kappa shape index (κ3) is 3.66. The summed E-state index contributed by atoms with van der Waals surface area (Å²) < 4.78 is 2.96. The Morgan fingerprint density at radius 2 is 2.04 bits per heavy atom. The van der Waals surface area contributed by atoms with Gasteiger partial charge in [-0.3, -0.25) is 9.36 Å². The summed E-state index contributed by atoms with van der Waals surface area (Å²) in [6, 6.07) is 3.93. The number of pyridine rings is 1. The highest BCUT2D eigenvalue weighted by molar-refractivity contribution is 5.78. The lowest BCUT2D eigenvalue weighted by molar-refractivity contribution is -0.126. The highest BCUT2D eigenvalue weighted by Gasteiger charge is 2.28. The molecular weight excluding hydrogens is 358 g/mol. The van der Waals surface area contributed by atoms with E-state index in [1.54, 1.807) is 17.8 Å². The minimum absolute atomic E-state index is 0.0189. The molecule has 9 nitrogen and oxygen atoms in total. The van der Waals surface area contributed by atoms with Gasteiger partial charge in [-0.2, -0.15) is 5.10 Å². The van der Waals surface area contributed by atoms with Gasteiger partial charge >= 0.3 is 5.69 Å². The number of piperazine rings is 1. The minimum atomic E-state index is -0.210. The van der Waals surface area contributed by atoms with Crippen molar-refractivity contribution in [3.05, 3.63) is 40.2 Å². The monoisotopic (exact) mass is 385 g/mol. The summed E-state index contributed by atoms with van der Waals surface area (Å²) in [6.45, 7) is 4.72. The highest BCUT2D eigenvalue weighted by atomic mass is 16.2. The lowest BCUT2D eigenvalue weighted by Gasteiger charge is -2.34. The number of anilines is 1. The molecular formula is C19H27N7O2. The highest BCUT2D eigenvalue weighted by Crippen LogP contribution is 2.20. The summed E-state index contributed by atoms with van der Waals surface area (Å²) in [6.07, 6.45) is 3.16. The molecule has 0 aromatic carbocycles. The number of aromatic nitrogens is 4. The lowest BCUT2D eigenvalue weighted by atomic mass is 9.98. The molecule has 0 saturated carbocycles. The second-order valence-corrected chi connectivity index (χ2v) is 7.66. The second-order valence-electron chi connectivity index (χ2n) is 7.66. The Kier molecular flexibility index (Phi) is 5.17. The van der Waals surface area contributed by atoms with Crippen molar-refractivity contribution in [1.82, 2.24) is 29.5 Å². The van der Waals surface area contributed by atoms with E-state index in [0.717, 1.165) is 43.4 Å². The van der Waals surface area contributed by atoms with Crippen molar-refractivity contribution in [2.75, 3.05) is 38.1 Å². The molecule has 4 heterocycles. The van der Waals surface area contributed by atoms with Crippen molar-refractivity contribution in [3.8, 4) is 0 Å². The Morgan fingerprint density at radius 3 is 2.82 bits per heavy atom. The van der Waals surface area contributed by atoms with Crippen molar-refractivity contribution in [2.45, 2.75) is 25.9 Å². The normalized spacial score (nSPS) is 20.1. The summed E-state index contributed by atoms with van der Waals surface area (Å²) >= 11 is 0. The number of hydrogen-bond acceptors (Lipinski definition) is 6. The zero-order valence-electron chi connectivity index (χ0n) is 16.5. The Morgan fingerprint density at radius 1 is 1.25 bits per heavy atom. The van der Waals surface area contributed by atoms with Crippen LogP contribution in [0, 0.1) is 5.92 Å². The molecule has 0 unspecified atom stereocenters. The summed E-state index contributed by atoms with van der Waals surface area (Å²) in [7, 11) is 3.77. The van der Waals surface area contributed by atoms with Crippen LogP contribution in [0.4, 0.5) is 5.82 Å². The molecule has 150 valence electrons. The number of carbonyl (C=O) groups excluding carboxylic acids is 1. The fourth-order valence-electron chi connectivity index (χ4n) is 3.95. The molecule has 0 aliphatic carbocycles. The van der Waals surface area contributed by atoms with Gasteiger partial charge in [-0.25, -0.2) is 14.5 Å². The molecule has 1 N–H and O–H groups in total. The van der Waals surface area contributed by atoms with Crippen molar-refractivity contribution in [2.24, 2.45) is 13.0 Å². The first-order chi connectivity index (χ1) is 13.5. The Hall–Kier alpha value is -2.68. The van der Waals surface area contributed by atoms with Crippen LogP contribution in [0.25, 0.3) is 0 Å². The SMILES string of the molecule is CN1CCN(c2ncccc2CNC(=O)[C@@H]2CCc3nn(C)c(=O)n3C2)CC1. The predicted octanol–water partition coefficient (Wildman–Crippen LogP) is -0.393. The summed E-state index contributed by atoms with van der Waals surface area (Å²) in [5.41, 5.74) is 0.868. The number of amides is 1. The molecule has 2 aromatic rings. The standard InChI is InChI=1S/C19H27N7O2/c1-23-8-10-25(11-9-23)17-14(4-3-7-20-17)12-21-18(27)15-5-6-16-22-24(2)19(28)26(16)13-15/h3-4,7,15H,5-6,8-13H2,1-2H3,(H,21,27)/t15-/m1/s1. The fraction of sp³-hybridized carbons (Fsp3) is 0.579. The number of carbonyl (C=O) groups is 1. The quantitative estimate of drug-likeness (QED) is 0.771. The fourth-order valence-corrected chi connectivity index (χ4v) is 3.95. The molecule has 0 bridgehead atoms. The van der Waals surface area contributed by atoms with Crippen molar-refractivity contribution in [1.29, 1.82) is 0 Å². The maximum absolute atomic E-state index is 12.7. The number of hydrogen-bond donors (Lipinski definition) is 1. The van der Waals surface area contributed by atoms with Gasteiger partial charge in [0.2, 0.25) is 5.91 Å². The molecule has 1 atom stereocenters. The van der Waals surface area contributed by atoms with Crippen LogP contribution in [0.5, 0.6) is 0 Å². The lowest BCUT2D eigenvalue weighted by Crippen LogP contribution is -2.45. The first-order valence-corrected chi connectivity index (χ1v) is 9.80.